The van der Waals surface area contributed by atoms with Crippen LogP contribution in [0.2, 0.25) is 5.02 Å². The van der Waals surface area contributed by atoms with Gasteiger partial charge in [0.15, 0.2) is 0 Å². The Labute approximate surface area is 256 Å². The van der Waals surface area contributed by atoms with Gasteiger partial charge in [-0.25, -0.2) is 0 Å². The average Bonchev–Trinajstić information content (AvgIpc) is 3.25. The smallest absolute Gasteiger partial charge is 0.306 e. The highest BCUT2D eigenvalue weighted by Gasteiger charge is 2.72. The number of amides is 2. The highest BCUT2D eigenvalue weighted by Crippen LogP contribution is 2.69. The summed E-state index contributed by atoms with van der Waals surface area (Å²) in [6.45, 7) is -0.0552. The molecule has 2 atom stereocenters. The fourth-order valence-electron chi connectivity index (χ4n) is 6.72. The lowest BCUT2D eigenvalue weighted by Crippen LogP contribution is -2.57. The van der Waals surface area contributed by atoms with E-state index in [-0.39, 0.29) is 47.7 Å². The van der Waals surface area contributed by atoms with E-state index in [1.807, 2.05) is 48.5 Å². The molecule has 3 aromatic carbocycles. The average molecular weight is 628 g/mol. The van der Waals surface area contributed by atoms with Crippen molar-refractivity contribution in [1.82, 2.24) is 4.90 Å². The number of imide groups is 1. The summed E-state index contributed by atoms with van der Waals surface area (Å²) in [7, 11) is 0. The summed E-state index contributed by atoms with van der Waals surface area (Å²) in [4.78, 5) is 49.4. The molecule has 216 valence electrons. The van der Waals surface area contributed by atoms with Crippen molar-refractivity contribution in [2.75, 3.05) is 6.54 Å². The van der Waals surface area contributed by atoms with Crippen LogP contribution >= 0.6 is 34.8 Å². The molecule has 8 nitrogen and oxygen atoms in total. The molecule has 4 aliphatic rings. The van der Waals surface area contributed by atoms with Gasteiger partial charge in [-0.3, -0.25) is 29.4 Å². The standard InChI is InChI=1S/C31H25Cl3N2O6/c32-19-14-13-18(24(16-19)36(40)41)17-42-25(37)12-2-1-7-15-35-28(38)26-27(29(35)39)31(34)21-9-4-3-8-20(21)30(26,33)22-10-5-6-11-23(22)31/h3-6,8-11,13-14,16,26-27H,1-2,7,12,15,17H2/t26-,27-,30?,31?/m1/s1. The molecule has 0 aromatic heterocycles. The normalized spacial score (nSPS) is 25.2. The molecule has 2 bridgehead atoms. The lowest BCUT2D eigenvalue weighted by atomic mass is 9.54. The number of nitrogens with zero attached hydrogens (tertiary/aromatic N) is 2. The van der Waals surface area contributed by atoms with Gasteiger partial charge in [0, 0.05) is 24.1 Å². The van der Waals surface area contributed by atoms with Crippen molar-refractivity contribution in [2.45, 2.75) is 42.0 Å². The summed E-state index contributed by atoms with van der Waals surface area (Å²) < 4.78 is 5.22. The van der Waals surface area contributed by atoms with Gasteiger partial charge in [-0.2, -0.15) is 0 Å². The summed E-state index contributed by atoms with van der Waals surface area (Å²) in [5.74, 6) is -2.84. The number of carbonyl (C=O) groups excluding carboxylic acids is 3. The molecule has 0 N–H and O–H groups in total. The third-order valence-electron chi connectivity index (χ3n) is 8.57. The number of nitro benzene ring substituents is 1. The first kappa shape index (κ1) is 28.6. The van der Waals surface area contributed by atoms with Crippen LogP contribution in [-0.2, 0) is 35.5 Å². The first-order valence-corrected chi connectivity index (χ1v) is 14.7. The van der Waals surface area contributed by atoms with Gasteiger partial charge >= 0.3 is 5.97 Å². The van der Waals surface area contributed by atoms with Gasteiger partial charge in [0.1, 0.15) is 16.4 Å². The molecular formula is C31H25Cl3N2O6. The number of ether oxygens (including phenoxy) is 1. The highest BCUT2D eigenvalue weighted by atomic mass is 35.5. The number of unbranched alkanes of at least 4 members (excludes halogenated alkanes) is 2. The molecule has 1 saturated heterocycles. The van der Waals surface area contributed by atoms with Gasteiger partial charge in [0.25, 0.3) is 5.69 Å². The molecule has 42 heavy (non-hydrogen) atoms. The van der Waals surface area contributed by atoms with E-state index in [1.165, 1.54) is 23.1 Å². The van der Waals surface area contributed by atoms with E-state index >= 15 is 0 Å². The third-order valence-corrected chi connectivity index (χ3v) is 10.1. The fourth-order valence-corrected chi connectivity index (χ4v) is 7.98. The zero-order valence-corrected chi connectivity index (χ0v) is 24.5. The first-order chi connectivity index (χ1) is 20.1. The Kier molecular flexibility index (Phi) is 7.28. The van der Waals surface area contributed by atoms with Crippen LogP contribution < -0.4 is 0 Å². The van der Waals surface area contributed by atoms with Gasteiger partial charge in [0.05, 0.1) is 22.3 Å². The van der Waals surface area contributed by atoms with Gasteiger partial charge < -0.3 is 4.74 Å². The quantitative estimate of drug-likeness (QED) is 0.0675. The Morgan fingerprint density at radius 3 is 1.88 bits per heavy atom. The maximum Gasteiger partial charge on any atom is 0.306 e. The van der Waals surface area contributed by atoms with Crippen molar-refractivity contribution in [2.24, 2.45) is 11.8 Å². The van der Waals surface area contributed by atoms with Gasteiger partial charge in [-0.15, -0.1) is 23.2 Å². The molecular weight excluding hydrogens is 603 g/mol. The second kappa shape index (κ2) is 10.7. The van der Waals surface area contributed by atoms with Crippen LogP contribution in [0.3, 0.4) is 0 Å². The Morgan fingerprint density at radius 2 is 1.38 bits per heavy atom. The number of esters is 1. The van der Waals surface area contributed by atoms with Crippen molar-refractivity contribution < 1.29 is 24.0 Å². The van der Waals surface area contributed by atoms with Gasteiger partial charge in [-0.05, 0) is 47.2 Å². The van der Waals surface area contributed by atoms with E-state index in [0.29, 0.717) is 19.3 Å². The minimum atomic E-state index is -1.21. The SMILES string of the molecule is O=C(CCCCCN1C(=O)[C@H]2[C@H](C1=O)C1(Cl)c3ccccc3C2(Cl)c2ccccc21)OCc1ccc(Cl)cc1[N+](=O)[O-]. The number of benzene rings is 3. The summed E-state index contributed by atoms with van der Waals surface area (Å²) in [5, 5.41) is 11.4. The molecule has 3 aliphatic carbocycles. The number of rotatable bonds is 9. The van der Waals surface area contributed by atoms with Crippen molar-refractivity contribution in [3.05, 3.63) is 110 Å². The minimum Gasteiger partial charge on any atom is -0.461 e. The molecule has 11 heteroatoms. The second-order valence-corrected chi connectivity index (χ2v) is 12.4. The van der Waals surface area contributed by atoms with Gasteiger partial charge in [-0.1, -0.05) is 66.6 Å². The summed E-state index contributed by atoms with van der Waals surface area (Å²) >= 11 is 20.7. The van der Waals surface area contributed by atoms with Crippen molar-refractivity contribution in [3.8, 4) is 0 Å². The first-order valence-electron chi connectivity index (χ1n) is 13.6. The summed E-state index contributed by atoms with van der Waals surface area (Å²) in [6, 6.07) is 19.2. The highest BCUT2D eigenvalue weighted by molar-refractivity contribution is 6.36. The molecule has 3 aromatic rings. The monoisotopic (exact) mass is 626 g/mol. The molecule has 0 unspecified atom stereocenters. The number of carbonyl (C=O) groups is 3. The van der Waals surface area contributed by atoms with Crippen LogP contribution in [0.5, 0.6) is 0 Å². The van der Waals surface area contributed by atoms with Crippen LogP contribution in [0.15, 0.2) is 66.7 Å². The van der Waals surface area contributed by atoms with Crippen molar-refractivity contribution in [3.63, 3.8) is 0 Å². The van der Waals surface area contributed by atoms with E-state index in [0.717, 1.165) is 22.3 Å². The maximum atomic E-state index is 13.8. The van der Waals surface area contributed by atoms with Crippen LogP contribution in [0.4, 0.5) is 5.69 Å². The van der Waals surface area contributed by atoms with Crippen LogP contribution in [0, 0.1) is 22.0 Å². The molecule has 0 saturated carbocycles. The van der Waals surface area contributed by atoms with E-state index in [1.54, 1.807) is 0 Å². The number of hydrogen-bond donors (Lipinski definition) is 0. The number of nitro groups is 1. The van der Waals surface area contributed by atoms with Crippen LogP contribution in [-0.4, -0.2) is 34.2 Å². The number of hydrogen-bond acceptors (Lipinski definition) is 6. The molecule has 0 radical (unpaired) electrons. The Morgan fingerprint density at radius 1 is 0.857 bits per heavy atom. The van der Waals surface area contributed by atoms with E-state index in [2.05, 4.69) is 0 Å². The maximum absolute atomic E-state index is 13.8. The van der Waals surface area contributed by atoms with Crippen LogP contribution in [0.25, 0.3) is 0 Å². The zero-order valence-electron chi connectivity index (χ0n) is 22.2. The third kappa shape index (κ3) is 4.22. The Hall–Kier alpha value is -3.46. The lowest BCUT2D eigenvalue weighted by molar-refractivity contribution is -0.385. The minimum absolute atomic E-state index is 0.0920. The molecule has 1 fully saturated rings. The van der Waals surface area contributed by atoms with E-state index in [9.17, 15) is 24.5 Å². The number of likely N-dealkylation sites (tertiary alicyclic amines) is 1. The predicted molar refractivity (Wildman–Crippen MR) is 156 cm³/mol. The molecule has 7 rings (SSSR count). The molecule has 1 heterocycles. The topological polar surface area (TPSA) is 107 Å². The molecule has 0 spiro atoms. The number of halogens is 3. The Balaban J connectivity index is 1.10. The lowest BCUT2D eigenvalue weighted by Gasteiger charge is -2.54. The number of alkyl halides is 2. The van der Waals surface area contributed by atoms with Crippen molar-refractivity contribution in [1.29, 1.82) is 0 Å². The summed E-state index contributed by atoms with van der Waals surface area (Å²) in [6.07, 6.45) is 1.59. The second-order valence-electron chi connectivity index (χ2n) is 10.8. The predicted octanol–water partition coefficient (Wildman–Crippen LogP) is 6.45. The van der Waals surface area contributed by atoms with E-state index in [4.69, 9.17) is 39.5 Å². The van der Waals surface area contributed by atoms with Crippen LogP contribution in [0.1, 0.15) is 53.5 Å². The largest absolute Gasteiger partial charge is 0.461 e. The molecule has 1 aliphatic heterocycles. The summed E-state index contributed by atoms with van der Waals surface area (Å²) in [5.41, 5.74) is 3.06. The zero-order chi connectivity index (χ0) is 29.8. The molecule has 2 amide bonds. The van der Waals surface area contributed by atoms with Crippen molar-refractivity contribution >= 4 is 58.3 Å². The fraction of sp³-hybridized carbons (Fsp3) is 0.323. The van der Waals surface area contributed by atoms with E-state index < -0.39 is 32.5 Å². The Bertz CT molecular complexity index is 1520. The van der Waals surface area contributed by atoms with Gasteiger partial charge in [0.2, 0.25) is 11.8 Å².